The Hall–Kier alpha value is -3.13. The Morgan fingerprint density at radius 1 is 0.833 bits per heavy atom. The maximum Gasteiger partial charge on any atom is 0.0859 e. The minimum atomic E-state index is 0.254. The highest BCUT2D eigenvalue weighted by molar-refractivity contribution is 6.08. The molecule has 0 spiro atoms. The molecule has 2 nitrogen and oxygen atoms in total. The van der Waals surface area contributed by atoms with Crippen LogP contribution >= 0.6 is 0 Å². The lowest BCUT2D eigenvalue weighted by molar-refractivity contribution is 0.488. The average molecular weight is 393 g/mol. The van der Waals surface area contributed by atoms with Gasteiger partial charge in [-0.1, -0.05) is 77.9 Å². The maximum absolute atomic E-state index is 5.24. The Labute approximate surface area is 179 Å². The molecule has 2 unspecified atom stereocenters. The molecule has 0 aromatic heterocycles. The minimum absolute atomic E-state index is 0.254. The van der Waals surface area contributed by atoms with Crippen LogP contribution in [0.15, 0.2) is 89.5 Å². The summed E-state index contributed by atoms with van der Waals surface area (Å²) in [4.78, 5) is 0. The first-order valence-corrected chi connectivity index (χ1v) is 11.0. The average Bonchev–Trinajstić information content (AvgIpc) is 3.17. The Bertz CT molecular complexity index is 1080. The van der Waals surface area contributed by atoms with E-state index in [2.05, 4.69) is 104 Å². The van der Waals surface area contributed by atoms with E-state index in [1.165, 1.54) is 52.1 Å². The lowest BCUT2D eigenvalue weighted by atomic mass is 9.77. The maximum atomic E-state index is 5.24. The van der Waals surface area contributed by atoms with Crippen LogP contribution in [0, 0.1) is 19.8 Å². The topological polar surface area (TPSA) is 15.6 Å². The lowest BCUT2D eigenvalue weighted by Gasteiger charge is -2.30. The smallest absolute Gasteiger partial charge is 0.0859 e. The third-order valence-corrected chi connectivity index (χ3v) is 6.36. The molecule has 1 aliphatic carbocycles. The number of nitrogens with zero attached hydrogens (tertiary/aromatic N) is 2. The van der Waals surface area contributed by atoms with E-state index in [9.17, 15) is 0 Å². The molecule has 1 aliphatic heterocycles. The van der Waals surface area contributed by atoms with Gasteiger partial charge in [0.05, 0.1) is 17.4 Å². The molecule has 150 valence electrons. The van der Waals surface area contributed by atoms with Crippen molar-refractivity contribution < 1.29 is 0 Å². The van der Waals surface area contributed by atoms with Crippen LogP contribution in [-0.4, -0.2) is 5.71 Å². The number of allylic oxidation sites excluding steroid dienone is 1. The van der Waals surface area contributed by atoms with Crippen molar-refractivity contribution in [3.05, 3.63) is 107 Å². The van der Waals surface area contributed by atoms with Crippen molar-refractivity contribution in [3.63, 3.8) is 0 Å². The summed E-state index contributed by atoms with van der Waals surface area (Å²) in [5.74, 6) is 0.429. The lowest BCUT2D eigenvalue weighted by Crippen LogP contribution is -2.28. The largest absolute Gasteiger partial charge is 0.257 e. The molecule has 1 saturated carbocycles. The molecule has 0 N–H and O–H groups in total. The Morgan fingerprint density at radius 2 is 1.50 bits per heavy atom. The van der Waals surface area contributed by atoms with E-state index in [-0.39, 0.29) is 6.04 Å². The van der Waals surface area contributed by atoms with Crippen LogP contribution in [0.3, 0.4) is 0 Å². The van der Waals surface area contributed by atoms with Crippen molar-refractivity contribution in [2.45, 2.75) is 39.2 Å². The van der Waals surface area contributed by atoms with Gasteiger partial charge in [0.2, 0.25) is 0 Å². The molecule has 1 heterocycles. The third kappa shape index (κ3) is 3.59. The summed E-state index contributed by atoms with van der Waals surface area (Å²) in [5, 5.41) is 7.50. The summed E-state index contributed by atoms with van der Waals surface area (Å²) < 4.78 is 0. The number of rotatable bonds is 3. The van der Waals surface area contributed by atoms with Crippen LogP contribution in [0.5, 0.6) is 0 Å². The number of hydrogen-bond donors (Lipinski definition) is 0. The summed E-state index contributed by atoms with van der Waals surface area (Å²) in [7, 11) is 0. The highest BCUT2D eigenvalue weighted by Gasteiger charge is 2.41. The fraction of sp³-hybridized carbons (Fsp3) is 0.250. The highest BCUT2D eigenvalue weighted by atomic mass is 15.5. The summed E-state index contributed by atoms with van der Waals surface area (Å²) in [6.45, 7) is 4.29. The van der Waals surface area contributed by atoms with Crippen molar-refractivity contribution in [2.75, 3.05) is 5.01 Å². The van der Waals surface area contributed by atoms with Gasteiger partial charge in [0.1, 0.15) is 0 Å². The number of para-hydroxylation sites is 1. The molecule has 1 fully saturated rings. The summed E-state index contributed by atoms with van der Waals surface area (Å²) in [6.07, 6.45) is 5.86. The molecule has 0 radical (unpaired) electrons. The van der Waals surface area contributed by atoms with Crippen molar-refractivity contribution in [2.24, 2.45) is 11.0 Å². The highest BCUT2D eigenvalue weighted by Crippen LogP contribution is 2.46. The molecule has 30 heavy (non-hydrogen) atoms. The van der Waals surface area contributed by atoms with Gasteiger partial charge < -0.3 is 0 Å². The van der Waals surface area contributed by atoms with Gasteiger partial charge in [-0.05, 0) is 68.0 Å². The summed E-state index contributed by atoms with van der Waals surface area (Å²) >= 11 is 0. The van der Waals surface area contributed by atoms with Gasteiger partial charge in [0.25, 0.3) is 0 Å². The molecule has 0 saturated heterocycles. The van der Waals surface area contributed by atoms with Gasteiger partial charge in [0, 0.05) is 5.92 Å². The van der Waals surface area contributed by atoms with Crippen LogP contribution in [0.1, 0.15) is 47.6 Å². The zero-order valence-corrected chi connectivity index (χ0v) is 17.8. The SMILES string of the molecule is Cc1ccc(C=C2CCCC3C2=NN(c2ccccc2)C3c2ccc(C)cc2)cc1. The molecule has 2 atom stereocenters. The van der Waals surface area contributed by atoms with E-state index in [0.29, 0.717) is 5.92 Å². The predicted octanol–water partition coefficient (Wildman–Crippen LogP) is 7.10. The molecule has 0 bridgehead atoms. The Morgan fingerprint density at radius 3 is 2.20 bits per heavy atom. The van der Waals surface area contributed by atoms with Crippen molar-refractivity contribution in [3.8, 4) is 0 Å². The van der Waals surface area contributed by atoms with Crippen LogP contribution in [0.25, 0.3) is 6.08 Å². The quantitative estimate of drug-likeness (QED) is 0.464. The summed E-state index contributed by atoms with van der Waals surface area (Å²) in [6, 6.07) is 28.7. The van der Waals surface area contributed by atoms with Gasteiger partial charge in [-0.3, -0.25) is 5.01 Å². The summed E-state index contributed by atoms with van der Waals surface area (Å²) in [5.41, 5.74) is 9.05. The van der Waals surface area contributed by atoms with Crippen LogP contribution in [-0.2, 0) is 0 Å². The van der Waals surface area contributed by atoms with Crippen molar-refractivity contribution in [1.29, 1.82) is 0 Å². The standard InChI is InChI=1S/C28H28N2/c1-20-11-15-22(16-12-20)19-24-7-6-10-26-27(24)29-30(25-8-4-3-5-9-25)28(26)23-17-13-21(2)14-18-23/h3-5,8-9,11-19,26,28H,6-7,10H2,1-2H3. The molecule has 3 aromatic carbocycles. The van der Waals surface area contributed by atoms with Crippen molar-refractivity contribution >= 4 is 17.5 Å². The molecular weight excluding hydrogens is 364 g/mol. The monoisotopic (exact) mass is 392 g/mol. The second-order valence-electron chi connectivity index (χ2n) is 8.60. The van der Waals surface area contributed by atoms with Gasteiger partial charge in [-0.25, -0.2) is 0 Å². The fourth-order valence-electron chi connectivity index (χ4n) is 4.76. The van der Waals surface area contributed by atoms with Crippen LogP contribution in [0.2, 0.25) is 0 Å². The van der Waals surface area contributed by atoms with Gasteiger partial charge in [-0.15, -0.1) is 0 Å². The second kappa shape index (κ2) is 7.95. The zero-order chi connectivity index (χ0) is 20.5. The van der Waals surface area contributed by atoms with Gasteiger partial charge in [-0.2, -0.15) is 5.10 Å². The first-order chi connectivity index (χ1) is 14.7. The van der Waals surface area contributed by atoms with E-state index < -0.39 is 0 Å². The Kier molecular flexibility index (Phi) is 5.00. The first-order valence-electron chi connectivity index (χ1n) is 11.0. The van der Waals surface area contributed by atoms with E-state index in [1.54, 1.807) is 0 Å². The normalized spacial score (nSPS) is 22.1. The van der Waals surface area contributed by atoms with E-state index in [4.69, 9.17) is 5.10 Å². The van der Waals surface area contributed by atoms with Gasteiger partial charge >= 0.3 is 0 Å². The van der Waals surface area contributed by atoms with E-state index in [1.807, 2.05) is 0 Å². The van der Waals surface area contributed by atoms with Crippen LogP contribution < -0.4 is 5.01 Å². The first kappa shape index (κ1) is 18.9. The molecule has 0 amide bonds. The number of hydrazone groups is 1. The molecule has 3 aromatic rings. The number of benzene rings is 3. The third-order valence-electron chi connectivity index (χ3n) is 6.36. The fourth-order valence-corrected chi connectivity index (χ4v) is 4.76. The molecule has 2 aliphatic rings. The number of hydrogen-bond acceptors (Lipinski definition) is 2. The van der Waals surface area contributed by atoms with E-state index in [0.717, 1.165) is 6.42 Å². The van der Waals surface area contributed by atoms with Gasteiger partial charge in [0.15, 0.2) is 0 Å². The zero-order valence-electron chi connectivity index (χ0n) is 17.8. The predicted molar refractivity (Wildman–Crippen MR) is 127 cm³/mol. The number of aryl methyl sites for hydroxylation is 2. The van der Waals surface area contributed by atoms with E-state index >= 15 is 0 Å². The molecule has 2 heteroatoms. The van der Waals surface area contributed by atoms with Crippen molar-refractivity contribution in [1.82, 2.24) is 0 Å². The number of anilines is 1. The number of fused-ring (bicyclic) bond motifs is 1. The van der Waals surface area contributed by atoms with Crippen LogP contribution in [0.4, 0.5) is 5.69 Å². The molecular formula is C28H28N2. The second-order valence-corrected chi connectivity index (χ2v) is 8.60. The minimum Gasteiger partial charge on any atom is -0.257 e. The Balaban J connectivity index is 1.58. The molecule has 5 rings (SSSR count).